The van der Waals surface area contributed by atoms with E-state index in [2.05, 4.69) is 15.5 Å². The first-order valence-corrected chi connectivity index (χ1v) is 13.2. The van der Waals surface area contributed by atoms with Crippen LogP contribution in [-0.4, -0.2) is 57.3 Å². The molecule has 0 radical (unpaired) electrons. The van der Waals surface area contributed by atoms with E-state index in [9.17, 15) is 18.0 Å². The Bertz CT molecular complexity index is 1030. The van der Waals surface area contributed by atoms with Crippen molar-refractivity contribution in [2.45, 2.75) is 38.0 Å². The quantitative estimate of drug-likeness (QED) is 0.547. The third kappa shape index (κ3) is 5.67. The lowest BCUT2D eigenvalue weighted by molar-refractivity contribution is -0.116. The molecule has 0 atom stereocenters. The highest BCUT2D eigenvalue weighted by Gasteiger charge is 2.25. The van der Waals surface area contributed by atoms with Crippen molar-refractivity contribution >= 4 is 44.5 Å². The average molecular weight is 479 g/mol. The van der Waals surface area contributed by atoms with Gasteiger partial charge in [-0.25, -0.2) is 8.42 Å². The van der Waals surface area contributed by atoms with Gasteiger partial charge in [-0.05, 0) is 42.5 Å². The second-order valence-electron chi connectivity index (χ2n) is 7.53. The third-order valence-corrected chi connectivity index (χ3v) is 8.18. The topological polar surface area (TPSA) is 98.8 Å². The van der Waals surface area contributed by atoms with Gasteiger partial charge in [0, 0.05) is 50.1 Å². The standard InChI is InChI=1S/C22H30N4O4S2/c1-3-26(4-2)32(29,30)18-7-8-20(25-12-5-6-13-25)19(15-18)24-21(27)9-11-23-22(28)17-10-14-31-16-17/h7-8,10,14-16H,3-6,9,11-13H2,1-2H3,(H,23,28)(H,24,27). The van der Waals surface area contributed by atoms with E-state index in [1.807, 2.05) is 5.38 Å². The van der Waals surface area contributed by atoms with Gasteiger partial charge in [0.25, 0.3) is 5.91 Å². The molecule has 3 rings (SSSR count). The molecule has 1 aliphatic heterocycles. The van der Waals surface area contributed by atoms with Crippen LogP contribution in [0, 0.1) is 0 Å². The Labute approximate surface area is 193 Å². The summed E-state index contributed by atoms with van der Waals surface area (Å²) in [6, 6.07) is 6.65. The molecule has 1 aliphatic rings. The zero-order chi connectivity index (χ0) is 23.1. The highest BCUT2D eigenvalue weighted by molar-refractivity contribution is 7.89. The van der Waals surface area contributed by atoms with Gasteiger partial charge in [-0.2, -0.15) is 15.6 Å². The van der Waals surface area contributed by atoms with Crippen LogP contribution in [0.25, 0.3) is 0 Å². The molecule has 0 saturated carbocycles. The van der Waals surface area contributed by atoms with Crippen molar-refractivity contribution < 1.29 is 18.0 Å². The van der Waals surface area contributed by atoms with Gasteiger partial charge in [0.15, 0.2) is 0 Å². The van der Waals surface area contributed by atoms with Crippen molar-refractivity contribution in [1.29, 1.82) is 0 Å². The van der Waals surface area contributed by atoms with Crippen molar-refractivity contribution in [1.82, 2.24) is 9.62 Å². The fourth-order valence-electron chi connectivity index (χ4n) is 3.72. The molecule has 32 heavy (non-hydrogen) atoms. The number of hydrogen-bond acceptors (Lipinski definition) is 6. The van der Waals surface area contributed by atoms with Crippen LogP contribution >= 0.6 is 11.3 Å². The molecule has 0 aliphatic carbocycles. The molecule has 2 aromatic rings. The SMILES string of the molecule is CCN(CC)S(=O)(=O)c1ccc(N2CCCC2)c(NC(=O)CCNC(=O)c2ccsc2)c1. The summed E-state index contributed by atoms with van der Waals surface area (Å²) in [6.07, 6.45) is 2.20. The van der Waals surface area contributed by atoms with Crippen LogP contribution in [-0.2, 0) is 14.8 Å². The van der Waals surface area contributed by atoms with Gasteiger partial charge in [-0.3, -0.25) is 9.59 Å². The predicted molar refractivity (Wildman–Crippen MR) is 128 cm³/mol. The largest absolute Gasteiger partial charge is 0.370 e. The monoisotopic (exact) mass is 478 g/mol. The van der Waals surface area contributed by atoms with E-state index < -0.39 is 10.0 Å². The molecular formula is C22H30N4O4S2. The second-order valence-corrected chi connectivity index (χ2v) is 10.2. The molecule has 0 unspecified atom stereocenters. The van der Waals surface area contributed by atoms with Crippen molar-refractivity contribution in [3.63, 3.8) is 0 Å². The van der Waals surface area contributed by atoms with E-state index in [-0.39, 0.29) is 29.7 Å². The summed E-state index contributed by atoms with van der Waals surface area (Å²) in [6.45, 7) is 6.26. The van der Waals surface area contributed by atoms with E-state index in [1.165, 1.54) is 15.6 Å². The number of nitrogens with zero attached hydrogens (tertiary/aromatic N) is 2. The average Bonchev–Trinajstić information content (AvgIpc) is 3.49. The minimum atomic E-state index is -3.65. The summed E-state index contributed by atoms with van der Waals surface area (Å²) in [5, 5.41) is 9.17. The molecule has 1 fully saturated rings. The number of benzene rings is 1. The van der Waals surface area contributed by atoms with Crippen LogP contribution in [0.5, 0.6) is 0 Å². The van der Waals surface area contributed by atoms with Crippen LogP contribution in [0.15, 0.2) is 39.9 Å². The van der Waals surface area contributed by atoms with Crippen molar-refractivity contribution in [3.8, 4) is 0 Å². The Morgan fingerprint density at radius 3 is 2.47 bits per heavy atom. The molecule has 0 spiro atoms. The number of anilines is 2. The summed E-state index contributed by atoms with van der Waals surface area (Å²) >= 11 is 1.43. The smallest absolute Gasteiger partial charge is 0.252 e. The Morgan fingerprint density at radius 2 is 1.84 bits per heavy atom. The maximum absolute atomic E-state index is 13.0. The number of sulfonamides is 1. The zero-order valence-corrected chi connectivity index (χ0v) is 20.1. The minimum absolute atomic E-state index is 0.0857. The summed E-state index contributed by atoms with van der Waals surface area (Å²) < 4.78 is 27.3. The fourth-order valence-corrected chi connectivity index (χ4v) is 5.84. The molecule has 1 aromatic carbocycles. The van der Waals surface area contributed by atoms with Crippen LogP contribution in [0.2, 0.25) is 0 Å². The number of carbonyl (C=O) groups is 2. The Balaban J connectivity index is 1.74. The highest BCUT2D eigenvalue weighted by atomic mass is 32.2. The van der Waals surface area contributed by atoms with Crippen molar-refractivity contribution in [2.24, 2.45) is 0 Å². The molecule has 0 bridgehead atoms. The first kappa shape index (κ1) is 24.2. The lowest BCUT2D eigenvalue weighted by Crippen LogP contribution is -2.31. The normalized spacial score (nSPS) is 14.0. The zero-order valence-electron chi connectivity index (χ0n) is 18.5. The summed E-state index contributed by atoms with van der Waals surface area (Å²) in [5.41, 5.74) is 1.87. The number of rotatable bonds is 10. The third-order valence-electron chi connectivity index (χ3n) is 5.45. The van der Waals surface area contributed by atoms with E-state index in [0.29, 0.717) is 24.3 Å². The first-order chi connectivity index (χ1) is 15.4. The number of hydrogen-bond donors (Lipinski definition) is 2. The minimum Gasteiger partial charge on any atom is -0.370 e. The van der Waals surface area contributed by atoms with Gasteiger partial charge in [0.2, 0.25) is 15.9 Å². The lowest BCUT2D eigenvalue weighted by atomic mass is 10.2. The summed E-state index contributed by atoms with van der Waals surface area (Å²) in [5.74, 6) is -0.502. The van der Waals surface area contributed by atoms with Gasteiger partial charge < -0.3 is 15.5 Å². The van der Waals surface area contributed by atoms with Crippen LogP contribution in [0.4, 0.5) is 11.4 Å². The molecule has 2 amide bonds. The Morgan fingerprint density at radius 1 is 1.12 bits per heavy atom. The molecule has 1 saturated heterocycles. The number of amides is 2. The van der Waals surface area contributed by atoms with E-state index in [4.69, 9.17) is 0 Å². The van der Waals surface area contributed by atoms with Crippen LogP contribution in [0.1, 0.15) is 43.5 Å². The number of carbonyl (C=O) groups excluding carboxylic acids is 2. The molecule has 10 heteroatoms. The molecule has 2 heterocycles. The van der Waals surface area contributed by atoms with Gasteiger partial charge >= 0.3 is 0 Å². The van der Waals surface area contributed by atoms with Gasteiger partial charge in [0.05, 0.1) is 16.3 Å². The highest BCUT2D eigenvalue weighted by Crippen LogP contribution is 2.32. The molecule has 2 N–H and O–H groups in total. The number of nitrogens with one attached hydrogen (secondary N) is 2. The van der Waals surface area contributed by atoms with Crippen molar-refractivity contribution in [3.05, 3.63) is 40.6 Å². The van der Waals surface area contributed by atoms with Gasteiger partial charge in [0.1, 0.15) is 0 Å². The number of thiophene rings is 1. The summed E-state index contributed by atoms with van der Waals surface area (Å²) in [4.78, 5) is 27.0. The lowest BCUT2D eigenvalue weighted by Gasteiger charge is -2.24. The molecule has 174 valence electrons. The summed E-state index contributed by atoms with van der Waals surface area (Å²) in [7, 11) is -3.65. The van der Waals surface area contributed by atoms with E-state index >= 15 is 0 Å². The Kier molecular flexibility index (Phi) is 8.27. The maximum atomic E-state index is 13.0. The first-order valence-electron chi connectivity index (χ1n) is 10.9. The predicted octanol–water partition coefficient (Wildman–Crippen LogP) is 3.14. The molecule has 8 nitrogen and oxygen atoms in total. The molecular weight excluding hydrogens is 448 g/mol. The molecule has 1 aromatic heterocycles. The van der Waals surface area contributed by atoms with Crippen molar-refractivity contribution in [2.75, 3.05) is 42.9 Å². The van der Waals surface area contributed by atoms with Gasteiger partial charge in [-0.15, -0.1) is 0 Å². The second kappa shape index (κ2) is 10.9. The fraction of sp³-hybridized carbons (Fsp3) is 0.455. The van der Waals surface area contributed by atoms with Crippen LogP contribution in [0.3, 0.4) is 0 Å². The van der Waals surface area contributed by atoms with Crippen LogP contribution < -0.4 is 15.5 Å². The van der Waals surface area contributed by atoms with E-state index in [0.717, 1.165) is 31.6 Å². The maximum Gasteiger partial charge on any atom is 0.252 e. The van der Waals surface area contributed by atoms with Gasteiger partial charge in [-0.1, -0.05) is 13.8 Å². The Hall–Kier alpha value is -2.43. The van der Waals surface area contributed by atoms with E-state index in [1.54, 1.807) is 43.5 Å².